The predicted octanol–water partition coefficient (Wildman–Crippen LogP) is 3.51. The first kappa shape index (κ1) is 36.6. The third-order valence-corrected chi connectivity index (χ3v) is 10.3. The van der Waals surface area contributed by atoms with Gasteiger partial charge in [0, 0.05) is 87.3 Å². The van der Waals surface area contributed by atoms with Gasteiger partial charge >= 0.3 is 5.69 Å². The van der Waals surface area contributed by atoms with Crippen LogP contribution in [-0.4, -0.2) is 94.0 Å². The normalized spacial score (nSPS) is 15.7. The van der Waals surface area contributed by atoms with Crippen molar-refractivity contribution in [3.05, 3.63) is 110 Å². The number of nitrogens with one attached hydrogen (secondary N) is 1. The Bertz CT molecular complexity index is 2300. The number of H-pyrrole nitrogens is 1. The van der Waals surface area contributed by atoms with Gasteiger partial charge in [-0.2, -0.15) is 0 Å². The standard InChI is InChI=1S/C40H44N6O8/c1-43-24-34(31-8-14-41-22-33(31)39(43)49)32-21-35(51-2)26(20-36(32)52-3)23-44-15-9-29(10-16-44)54-30-11-17-45(18-12-30)38(48)25-53-28-6-4-27(5-7-28)46-19-13-37(47)42-40(46)50/h4-8,13-14,19-22,24,29-30H,9-12,15-18,23,25H2,1-3H3,(H,42,47,50). The number of nitrogens with zero attached hydrogens (tertiary/aromatic N) is 5. The average Bonchev–Trinajstić information content (AvgIpc) is 3.19. The molecule has 2 aromatic carbocycles. The number of pyridine rings is 2. The van der Waals surface area contributed by atoms with E-state index in [1.807, 2.05) is 29.3 Å². The number of aryl methyl sites for hydroxylation is 1. The number of benzene rings is 2. The van der Waals surface area contributed by atoms with Gasteiger partial charge in [-0.3, -0.25) is 33.8 Å². The van der Waals surface area contributed by atoms with Gasteiger partial charge in [-0.15, -0.1) is 0 Å². The highest BCUT2D eigenvalue weighted by molar-refractivity contribution is 5.97. The molecule has 0 saturated carbocycles. The van der Waals surface area contributed by atoms with E-state index in [1.165, 1.54) is 16.8 Å². The number of likely N-dealkylation sites (tertiary alicyclic amines) is 2. The van der Waals surface area contributed by atoms with Crippen LogP contribution >= 0.6 is 0 Å². The summed E-state index contributed by atoms with van der Waals surface area (Å²) < 4.78 is 26.9. The van der Waals surface area contributed by atoms with Gasteiger partial charge in [0.25, 0.3) is 17.0 Å². The lowest BCUT2D eigenvalue weighted by Crippen LogP contribution is -2.45. The minimum Gasteiger partial charge on any atom is -0.496 e. The summed E-state index contributed by atoms with van der Waals surface area (Å²) in [6, 6.07) is 13.9. The maximum absolute atomic E-state index is 12.9. The van der Waals surface area contributed by atoms with E-state index in [1.54, 1.807) is 62.5 Å². The number of aromatic nitrogens is 4. The van der Waals surface area contributed by atoms with E-state index in [-0.39, 0.29) is 30.3 Å². The SMILES string of the molecule is COc1cc(-c2cn(C)c(=O)c3cnccc23)c(OC)cc1CN1CCC(OC2CCN(C(=O)COc3ccc(-n4ccc(=O)[nH]c4=O)cc3)CC2)CC1. The summed E-state index contributed by atoms with van der Waals surface area (Å²) in [6.45, 7) is 3.61. The number of piperidine rings is 2. The summed E-state index contributed by atoms with van der Waals surface area (Å²) in [4.78, 5) is 59.7. The Balaban J connectivity index is 0.884. The van der Waals surface area contributed by atoms with Crippen LogP contribution in [-0.2, 0) is 23.1 Å². The Morgan fingerprint density at radius 3 is 2.24 bits per heavy atom. The Kier molecular flexibility index (Phi) is 10.9. The summed E-state index contributed by atoms with van der Waals surface area (Å²) in [7, 11) is 5.06. The lowest BCUT2D eigenvalue weighted by atomic mass is 9.98. The van der Waals surface area contributed by atoms with Crippen molar-refractivity contribution in [1.29, 1.82) is 0 Å². The summed E-state index contributed by atoms with van der Waals surface area (Å²) in [5.74, 6) is 1.89. The van der Waals surface area contributed by atoms with Crippen molar-refractivity contribution >= 4 is 16.7 Å². The predicted molar refractivity (Wildman–Crippen MR) is 203 cm³/mol. The quantitative estimate of drug-likeness (QED) is 0.214. The molecule has 54 heavy (non-hydrogen) atoms. The molecular weight excluding hydrogens is 692 g/mol. The second kappa shape index (κ2) is 16.1. The first-order valence-electron chi connectivity index (χ1n) is 18.1. The number of hydrogen-bond donors (Lipinski definition) is 1. The molecule has 2 fully saturated rings. The van der Waals surface area contributed by atoms with E-state index in [0.29, 0.717) is 42.2 Å². The fraction of sp³-hybridized carbons (Fsp3) is 0.375. The van der Waals surface area contributed by atoms with Crippen LogP contribution in [0.2, 0.25) is 0 Å². The largest absolute Gasteiger partial charge is 0.496 e. The summed E-state index contributed by atoms with van der Waals surface area (Å²) in [5.41, 5.74) is 2.20. The Morgan fingerprint density at radius 1 is 0.852 bits per heavy atom. The molecule has 0 radical (unpaired) electrons. The number of carbonyl (C=O) groups is 1. The molecule has 1 amide bonds. The first-order chi connectivity index (χ1) is 26.2. The Morgan fingerprint density at radius 2 is 1.56 bits per heavy atom. The highest BCUT2D eigenvalue weighted by Gasteiger charge is 2.28. The minimum atomic E-state index is -0.530. The van der Waals surface area contributed by atoms with E-state index in [9.17, 15) is 19.2 Å². The van der Waals surface area contributed by atoms with Crippen LogP contribution < -0.4 is 31.0 Å². The monoisotopic (exact) mass is 736 g/mol. The Hall–Kier alpha value is -5.73. The molecule has 7 rings (SSSR count). The molecular formula is C40H44N6O8. The van der Waals surface area contributed by atoms with Crippen molar-refractivity contribution in [2.75, 3.05) is 47.0 Å². The number of amides is 1. The smallest absolute Gasteiger partial charge is 0.332 e. The van der Waals surface area contributed by atoms with Gasteiger partial charge in [-0.1, -0.05) is 0 Å². The summed E-state index contributed by atoms with van der Waals surface area (Å²) in [5, 5.41) is 1.35. The zero-order chi connectivity index (χ0) is 37.8. The molecule has 0 spiro atoms. The topological polar surface area (TPSA) is 150 Å². The van der Waals surface area contributed by atoms with Crippen molar-refractivity contribution in [3.63, 3.8) is 0 Å². The van der Waals surface area contributed by atoms with Crippen LogP contribution in [0.4, 0.5) is 0 Å². The molecule has 2 aliphatic heterocycles. The average molecular weight is 737 g/mol. The number of rotatable bonds is 11. The fourth-order valence-electron chi connectivity index (χ4n) is 7.34. The zero-order valence-electron chi connectivity index (χ0n) is 30.7. The third-order valence-electron chi connectivity index (χ3n) is 10.3. The van der Waals surface area contributed by atoms with Gasteiger partial charge in [0.2, 0.25) is 0 Å². The summed E-state index contributed by atoms with van der Waals surface area (Å²) >= 11 is 0. The second-order valence-corrected chi connectivity index (χ2v) is 13.7. The molecule has 0 aliphatic carbocycles. The van der Waals surface area contributed by atoms with Crippen LogP contribution in [0.15, 0.2) is 87.7 Å². The molecule has 2 aliphatic rings. The van der Waals surface area contributed by atoms with Crippen LogP contribution in [0.25, 0.3) is 27.6 Å². The van der Waals surface area contributed by atoms with Gasteiger partial charge in [0.05, 0.1) is 37.5 Å². The van der Waals surface area contributed by atoms with E-state index >= 15 is 0 Å². The number of ether oxygens (including phenoxy) is 4. The van der Waals surface area contributed by atoms with Gasteiger partial charge in [-0.05, 0) is 73.5 Å². The summed E-state index contributed by atoms with van der Waals surface area (Å²) in [6.07, 6.45) is 10.2. The van der Waals surface area contributed by atoms with Gasteiger partial charge < -0.3 is 28.4 Å². The van der Waals surface area contributed by atoms with Crippen molar-refractivity contribution < 1.29 is 23.7 Å². The molecule has 14 heteroatoms. The van der Waals surface area contributed by atoms with Crippen LogP contribution in [0.3, 0.4) is 0 Å². The lowest BCUT2D eigenvalue weighted by molar-refractivity contribution is -0.137. The molecule has 14 nitrogen and oxygen atoms in total. The molecule has 282 valence electrons. The van der Waals surface area contributed by atoms with Crippen molar-refractivity contribution in [3.8, 4) is 34.1 Å². The fourth-order valence-corrected chi connectivity index (χ4v) is 7.34. The molecule has 5 heterocycles. The number of hydrogen-bond acceptors (Lipinski definition) is 10. The molecule has 0 bridgehead atoms. The lowest BCUT2D eigenvalue weighted by Gasteiger charge is -2.37. The van der Waals surface area contributed by atoms with E-state index in [2.05, 4.69) is 14.9 Å². The molecule has 0 atom stereocenters. The van der Waals surface area contributed by atoms with Crippen LogP contribution in [0, 0.1) is 0 Å². The van der Waals surface area contributed by atoms with Crippen molar-refractivity contribution in [2.24, 2.45) is 7.05 Å². The zero-order valence-corrected chi connectivity index (χ0v) is 30.7. The van der Waals surface area contributed by atoms with Crippen LogP contribution in [0.5, 0.6) is 17.2 Å². The van der Waals surface area contributed by atoms with E-state index in [4.69, 9.17) is 18.9 Å². The highest BCUT2D eigenvalue weighted by Crippen LogP contribution is 2.39. The Labute approximate surface area is 311 Å². The van der Waals surface area contributed by atoms with Gasteiger partial charge in [0.1, 0.15) is 17.2 Å². The molecule has 3 aromatic heterocycles. The van der Waals surface area contributed by atoms with E-state index in [0.717, 1.165) is 66.6 Å². The van der Waals surface area contributed by atoms with Gasteiger partial charge in [0.15, 0.2) is 6.61 Å². The molecule has 5 aromatic rings. The van der Waals surface area contributed by atoms with E-state index < -0.39 is 11.2 Å². The second-order valence-electron chi connectivity index (χ2n) is 13.7. The molecule has 1 N–H and O–H groups in total. The van der Waals surface area contributed by atoms with Gasteiger partial charge in [-0.25, -0.2) is 4.79 Å². The molecule has 0 unspecified atom stereocenters. The minimum absolute atomic E-state index is 0.0801. The number of fused-ring (bicyclic) bond motifs is 1. The number of carbonyl (C=O) groups excluding carboxylic acids is 1. The number of aromatic amines is 1. The maximum atomic E-state index is 12.9. The highest BCUT2D eigenvalue weighted by atomic mass is 16.5. The van der Waals surface area contributed by atoms with Crippen LogP contribution in [0.1, 0.15) is 31.2 Å². The van der Waals surface area contributed by atoms with Crippen molar-refractivity contribution in [1.82, 2.24) is 28.9 Å². The number of methoxy groups -OCH3 is 2. The molecule has 2 saturated heterocycles. The first-order valence-corrected chi connectivity index (χ1v) is 18.1. The third kappa shape index (κ3) is 7.94. The maximum Gasteiger partial charge on any atom is 0.332 e. The van der Waals surface area contributed by atoms with Crippen molar-refractivity contribution in [2.45, 2.75) is 44.4 Å².